The first kappa shape index (κ1) is 22.9. The molecule has 7 nitrogen and oxygen atoms in total. The Labute approximate surface area is 200 Å². The van der Waals surface area contributed by atoms with Crippen molar-refractivity contribution in [3.8, 4) is 17.0 Å². The van der Waals surface area contributed by atoms with Gasteiger partial charge in [0.05, 0.1) is 10.5 Å². The fourth-order valence-electron chi connectivity index (χ4n) is 3.38. The Kier molecular flexibility index (Phi) is 6.71. The zero-order valence-electron chi connectivity index (χ0n) is 17.8. The fraction of sp³-hybridized carbons (Fsp3) is 0.125. The number of ether oxygens (including phenoxy) is 1. The lowest BCUT2D eigenvalue weighted by Gasteiger charge is -2.09. The van der Waals surface area contributed by atoms with Gasteiger partial charge in [0.15, 0.2) is 0 Å². The van der Waals surface area contributed by atoms with Crippen molar-refractivity contribution in [2.75, 3.05) is 11.3 Å². The van der Waals surface area contributed by atoms with Gasteiger partial charge < -0.3 is 15.0 Å². The summed E-state index contributed by atoms with van der Waals surface area (Å²) in [5.74, 6) is 0.290. The molecule has 1 aromatic heterocycles. The molecule has 4 rings (SSSR count). The number of aromatic amines is 1. The van der Waals surface area contributed by atoms with Gasteiger partial charge in [-0.25, -0.2) is 13.2 Å². The minimum absolute atomic E-state index is 0.153. The molecule has 0 aliphatic carbocycles. The molecule has 0 unspecified atom stereocenters. The Morgan fingerprint density at radius 2 is 1.76 bits per heavy atom. The number of hydrogen-bond donors (Lipinski definition) is 3. The topological polar surface area (TPSA) is 100 Å². The van der Waals surface area contributed by atoms with Crippen molar-refractivity contribution in [2.45, 2.75) is 18.2 Å². The van der Waals surface area contributed by atoms with Crippen LogP contribution in [0.4, 0.5) is 10.5 Å². The number of rotatable bonds is 7. The Morgan fingerprint density at radius 3 is 2.45 bits per heavy atom. The average molecular weight is 528 g/mol. The quantitative estimate of drug-likeness (QED) is 0.278. The summed E-state index contributed by atoms with van der Waals surface area (Å²) in [6.45, 7) is 2.46. The highest BCUT2D eigenvalue weighted by atomic mass is 79.9. The van der Waals surface area contributed by atoms with Gasteiger partial charge in [0, 0.05) is 27.6 Å². The number of hydrogen-bond acceptors (Lipinski definition) is 4. The van der Waals surface area contributed by atoms with Gasteiger partial charge in [-0.1, -0.05) is 53.2 Å². The minimum Gasteiger partial charge on any atom is -0.393 e. The maximum absolute atomic E-state index is 12.8. The van der Waals surface area contributed by atoms with Crippen molar-refractivity contribution < 1.29 is 17.9 Å². The van der Waals surface area contributed by atoms with E-state index in [4.69, 9.17) is 4.74 Å². The number of nitrogens with one attached hydrogen (secondary N) is 3. The summed E-state index contributed by atoms with van der Waals surface area (Å²) >= 11 is 3.31. The van der Waals surface area contributed by atoms with Crippen LogP contribution >= 0.6 is 15.9 Å². The summed E-state index contributed by atoms with van der Waals surface area (Å²) in [4.78, 5) is 15.5. The van der Waals surface area contributed by atoms with Crippen LogP contribution in [0.25, 0.3) is 22.0 Å². The standard InChI is InChI=1S/C24H22BrN3O4S/c1-2-14-26-24(29)32-23-22(16-6-4-3-5-7-16)20-15-18(10-13-21(20)27-23)28-33(30,31)19-11-8-17(25)9-12-19/h3-13,15,27-28H,2,14H2,1H3,(H,26,29). The van der Waals surface area contributed by atoms with E-state index in [0.29, 0.717) is 23.3 Å². The molecule has 170 valence electrons. The molecule has 0 radical (unpaired) electrons. The highest BCUT2D eigenvalue weighted by molar-refractivity contribution is 9.10. The van der Waals surface area contributed by atoms with Gasteiger partial charge in [-0.15, -0.1) is 0 Å². The second-order valence-electron chi connectivity index (χ2n) is 7.33. The summed E-state index contributed by atoms with van der Waals surface area (Å²) in [5, 5.41) is 3.41. The molecule has 4 aromatic rings. The van der Waals surface area contributed by atoms with Crippen molar-refractivity contribution in [3.63, 3.8) is 0 Å². The maximum atomic E-state index is 12.8. The molecule has 0 atom stereocenters. The summed E-state index contributed by atoms with van der Waals surface area (Å²) < 4.78 is 34.7. The van der Waals surface area contributed by atoms with Crippen LogP contribution in [0, 0.1) is 0 Å². The normalized spacial score (nSPS) is 11.3. The van der Waals surface area contributed by atoms with Crippen LogP contribution in [0.15, 0.2) is 82.2 Å². The van der Waals surface area contributed by atoms with E-state index in [1.807, 2.05) is 37.3 Å². The predicted octanol–water partition coefficient (Wildman–Crippen LogP) is 5.90. The number of amides is 1. The Balaban J connectivity index is 1.74. The number of fused-ring (bicyclic) bond motifs is 1. The lowest BCUT2D eigenvalue weighted by Crippen LogP contribution is -2.27. The van der Waals surface area contributed by atoms with E-state index < -0.39 is 16.1 Å². The molecule has 3 N–H and O–H groups in total. The molecule has 9 heteroatoms. The van der Waals surface area contributed by atoms with Crippen LogP contribution in [0.1, 0.15) is 13.3 Å². The minimum atomic E-state index is -3.78. The van der Waals surface area contributed by atoms with Crippen molar-refractivity contribution in [1.82, 2.24) is 10.3 Å². The van der Waals surface area contributed by atoms with E-state index in [2.05, 4.69) is 31.0 Å². The number of H-pyrrole nitrogens is 1. The first-order chi connectivity index (χ1) is 15.9. The molecule has 0 aliphatic heterocycles. The number of halogens is 1. The third kappa shape index (κ3) is 5.20. The third-order valence-corrected chi connectivity index (χ3v) is 6.84. The smallest absolute Gasteiger partial charge is 0.393 e. The molecule has 3 aromatic carbocycles. The van der Waals surface area contributed by atoms with Crippen molar-refractivity contribution in [2.24, 2.45) is 0 Å². The van der Waals surface area contributed by atoms with E-state index in [0.717, 1.165) is 21.8 Å². The summed E-state index contributed by atoms with van der Waals surface area (Å²) in [6.07, 6.45) is 0.228. The molecule has 1 amide bonds. The molecule has 0 spiro atoms. The van der Waals surface area contributed by atoms with Gasteiger partial charge in [-0.3, -0.25) is 4.72 Å². The van der Waals surface area contributed by atoms with Gasteiger partial charge in [0.25, 0.3) is 10.0 Å². The van der Waals surface area contributed by atoms with E-state index >= 15 is 0 Å². The largest absolute Gasteiger partial charge is 0.413 e. The highest BCUT2D eigenvalue weighted by Crippen LogP contribution is 2.38. The SMILES string of the molecule is CCCNC(=O)Oc1[nH]c2ccc(NS(=O)(=O)c3ccc(Br)cc3)cc2c1-c1ccccc1. The zero-order chi connectivity index (χ0) is 23.4. The lowest BCUT2D eigenvalue weighted by molar-refractivity contribution is 0.199. The molecule has 0 fully saturated rings. The molecule has 1 heterocycles. The molecule has 0 bridgehead atoms. The van der Waals surface area contributed by atoms with Crippen LogP contribution in [-0.4, -0.2) is 26.0 Å². The Bertz CT molecular complexity index is 1380. The van der Waals surface area contributed by atoms with Crippen LogP contribution < -0.4 is 14.8 Å². The first-order valence-corrected chi connectivity index (χ1v) is 12.6. The lowest BCUT2D eigenvalue weighted by atomic mass is 10.0. The van der Waals surface area contributed by atoms with Crippen molar-refractivity contribution >= 4 is 48.6 Å². The van der Waals surface area contributed by atoms with Crippen LogP contribution in [0.3, 0.4) is 0 Å². The Morgan fingerprint density at radius 1 is 1.03 bits per heavy atom. The molecular formula is C24H22BrN3O4S. The van der Waals surface area contributed by atoms with Crippen LogP contribution in [-0.2, 0) is 10.0 Å². The monoisotopic (exact) mass is 527 g/mol. The summed E-state index contributed by atoms with van der Waals surface area (Å²) in [6, 6.07) is 21.0. The van der Waals surface area contributed by atoms with Gasteiger partial charge in [-0.05, 0) is 54.4 Å². The Hall–Kier alpha value is -3.30. The van der Waals surface area contributed by atoms with E-state index in [1.54, 1.807) is 30.3 Å². The first-order valence-electron chi connectivity index (χ1n) is 10.3. The second kappa shape index (κ2) is 9.68. The number of carbonyl (C=O) groups excluding carboxylic acids is 1. The molecule has 0 aliphatic rings. The number of sulfonamides is 1. The summed E-state index contributed by atoms with van der Waals surface area (Å²) in [7, 11) is -3.78. The molecule has 0 saturated carbocycles. The second-order valence-corrected chi connectivity index (χ2v) is 9.93. The number of benzene rings is 3. The molecule has 0 saturated heterocycles. The highest BCUT2D eigenvalue weighted by Gasteiger charge is 2.19. The predicted molar refractivity (Wildman–Crippen MR) is 133 cm³/mol. The zero-order valence-corrected chi connectivity index (χ0v) is 20.2. The van der Waals surface area contributed by atoms with Crippen LogP contribution in [0.5, 0.6) is 5.88 Å². The van der Waals surface area contributed by atoms with Crippen molar-refractivity contribution in [3.05, 3.63) is 77.3 Å². The van der Waals surface area contributed by atoms with E-state index in [-0.39, 0.29) is 10.8 Å². The number of aromatic nitrogens is 1. The van der Waals surface area contributed by atoms with Crippen molar-refractivity contribution in [1.29, 1.82) is 0 Å². The fourth-order valence-corrected chi connectivity index (χ4v) is 4.70. The van der Waals surface area contributed by atoms with Crippen LogP contribution in [0.2, 0.25) is 0 Å². The maximum Gasteiger partial charge on any atom is 0.413 e. The number of carbonyl (C=O) groups is 1. The van der Waals surface area contributed by atoms with E-state index in [9.17, 15) is 13.2 Å². The third-order valence-electron chi connectivity index (χ3n) is 4.92. The molecule has 33 heavy (non-hydrogen) atoms. The van der Waals surface area contributed by atoms with Gasteiger partial charge in [0.2, 0.25) is 5.88 Å². The molecular weight excluding hydrogens is 506 g/mol. The van der Waals surface area contributed by atoms with E-state index in [1.165, 1.54) is 12.1 Å². The summed E-state index contributed by atoms with van der Waals surface area (Å²) in [5.41, 5.74) is 2.60. The number of anilines is 1. The van der Waals surface area contributed by atoms with Gasteiger partial charge >= 0.3 is 6.09 Å². The van der Waals surface area contributed by atoms with Gasteiger partial charge in [-0.2, -0.15) is 0 Å². The average Bonchev–Trinajstić information content (AvgIpc) is 3.15. The van der Waals surface area contributed by atoms with Gasteiger partial charge in [0.1, 0.15) is 0 Å².